The van der Waals surface area contributed by atoms with E-state index in [4.69, 9.17) is 0 Å². The van der Waals surface area contributed by atoms with Crippen LogP contribution in [0.5, 0.6) is 0 Å². The second kappa shape index (κ2) is 59.7. The summed E-state index contributed by atoms with van der Waals surface area (Å²) in [5, 5.41) is 23.3. The summed E-state index contributed by atoms with van der Waals surface area (Å²) in [6.07, 6.45) is 51.2. The van der Waals surface area contributed by atoms with Crippen LogP contribution in [0.4, 0.5) is 0 Å². The number of aliphatic imine (C=N–C) groups is 2. The zero-order chi connectivity index (χ0) is 53.0. The third-order valence-corrected chi connectivity index (χ3v) is 7.25. The average Bonchev–Trinajstić information content (AvgIpc) is 4.35. The van der Waals surface area contributed by atoms with Gasteiger partial charge in [0, 0.05) is 105 Å². The molecule has 14 rings (SSSR count). The van der Waals surface area contributed by atoms with Crippen LogP contribution in [-0.2, 0) is 0 Å². The van der Waals surface area contributed by atoms with Gasteiger partial charge >= 0.3 is 0 Å². The number of nitrogens with one attached hydrogen (secondary N) is 2. The van der Waals surface area contributed by atoms with Crippen LogP contribution < -0.4 is 0 Å². The molecule has 12 aromatic heterocycles. The monoisotopic (exact) mass is 1050 g/mol. The summed E-state index contributed by atoms with van der Waals surface area (Å²) in [5.41, 5.74) is 1.79. The van der Waals surface area contributed by atoms with E-state index in [1.54, 1.807) is 158 Å². The Morgan fingerprint density at radius 3 is 1.27 bits per heavy atom. The zero-order valence-electron chi connectivity index (χ0n) is 40.2. The Bertz CT molecular complexity index is 1960. The lowest BCUT2D eigenvalue weighted by Gasteiger charge is -1.70. The maximum Gasteiger partial charge on any atom is 0.180 e. The summed E-state index contributed by atoms with van der Waals surface area (Å²) in [7, 11) is 0. The van der Waals surface area contributed by atoms with Gasteiger partial charge in [0.05, 0.1) is 43.3 Å². The molecule has 384 valence electrons. The largest absolute Gasteiger partial charge is 0.473 e. The van der Waals surface area contributed by atoms with Gasteiger partial charge < -0.3 is 23.3 Å². The molecule has 0 fully saturated rings. The Morgan fingerprint density at radius 1 is 0.413 bits per heavy atom. The fraction of sp³-hybridized carbons (Fsp3) is 0.0400. The van der Waals surface area contributed by atoms with Crippen LogP contribution in [0.15, 0.2) is 315 Å². The molecule has 14 heterocycles. The van der Waals surface area contributed by atoms with E-state index in [-0.39, 0.29) is 0 Å². The van der Waals surface area contributed by atoms with E-state index < -0.39 is 0 Å². The predicted molar refractivity (Wildman–Crippen MR) is 288 cm³/mol. The van der Waals surface area contributed by atoms with Crippen LogP contribution in [0.2, 0.25) is 0 Å². The SMILES string of the molecule is C1=CCN=C1.C1=NCN=N1.c1c[nH]cn1.c1cc[nH]c1.c1ccncc1.c1ccnnc1.c1ccoc1.c1ccsc1.c1cnccn1.c1cncnc1.c1cnoc1.c1cocn1.c1cscn1.c1ncncn1. The van der Waals surface area contributed by atoms with Crippen molar-refractivity contribution in [2.24, 2.45) is 20.2 Å². The average molecular weight is 1050 g/mol. The van der Waals surface area contributed by atoms with Gasteiger partial charge in [0.25, 0.3) is 0 Å². The highest BCUT2D eigenvalue weighted by molar-refractivity contribution is 7.07. The number of hydrogen-bond donors (Lipinski definition) is 2. The van der Waals surface area contributed by atoms with Gasteiger partial charge in [-0.2, -0.15) is 26.6 Å². The van der Waals surface area contributed by atoms with E-state index in [1.807, 2.05) is 107 Å². The minimum atomic E-state index is 0.528. The Kier molecular flexibility index (Phi) is 49.9. The van der Waals surface area contributed by atoms with Crippen molar-refractivity contribution < 1.29 is 13.4 Å². The Morgan fingerprint density at radius 2 is 1.08 bits per heavy atom. The number of furan rings is 1. The molecule has 0 aromatic carbocycles. The lowest BCUT2D eigenvalue weighted by molar-refractivity contribution is 0.420. The molecule has 25 heteroatoms. The minimum absolute atomic E-state index is 0.528. The summed E-state index contributed by atoms with van der Waals surface area (Å²) in [6.45, 7) is 1.42. The fourth-order valence-corrected chi connectivity index (χ4v) is 4.04. The maximum absolute atomic E-state index is 4.58. The summed E-state index contributed by atoms with van der Waals surface area (Å²) < 4.78 is 13.4. The van der Waals surface area contributed by atoms with Gasteiger partial charge in [0.2, 0.25) is 0 Å². The molecule has 75 heavy (non-hydrogen) atoms. The van der Waals surface area contributed by atoms with Gasteiger partial charge in [-0.15, -0.1) is 16.5 Å². The number of aromatic amines is 2. The lowest BCUT2D eigenvalue weighted by atomic mass is 10.5. The van der Waals surface area contributed by atoms with E-state index in [0.29, 0.717) is 6.67 Å². The number of azo groups is 1. The molecule has 0 atom stereocenters. The van der Waals surface area contributed by atoms with Crippen LogP contribution in [0.1, 0.15) is 0 Å². The molecule has 23 nitrogen and oxygen atoms in total. The number of nitrogens with zero attached hydrogens (tertiary/aromatic N) is 18. The summed E-state index contributed by atoms with van der Waals surface area (Å²) in [5.74, 6) is 0. The van der Waals surface area contributed by atoms with Crippen molar-refractivity contribution in [3.05, 3.63) is 281 Å². The highest BCUT2D eigenvalue weighted by Crippen LogP contribution is 1.91. The van der Waals surface area contributed by atoms with Crippen molar-refractivity contribution in [3.8, 4) is 0 Å². The van der Waals surface area contributed by atoms with E-state index in [1.165, 1.54) is 50.6 Å². The van der Waals surface area contributed by atoms with Crippen molar-refractivity contribution in [3.63, 3.8) is 0 Å². The predicted octanol–water partition coefficient (Wildman–Crippen LogP) is 10.4. The van der Waals surface area contributed by atoms with Crippen LogP contribution in [0.3, 0.4) is 0 Å². The number of allylic oxidation sites excluding steroid dienone is 1. The Balaban J connectivity index is 0.000000404. The van der Waals surface area contributed by atoms with Crippen molar-refractivity contribution in [2.45, 2.75) is 0 Å². The molecule has 2 aliphatic heterocycles. The number of hydrogen-bond acceptors (Lipinski definition) is 23. The number of oxazole rings is 1. The first-order valence-corrected chi connectivity index (χ1v) is 23.3. The molecule has 0 aliphatic carbocycles. The first kappa shape index (κ1) is 62.6. The van der Waals surface area contributed by atoms with Crippen LogP contribution >= 0.6 is 22.7 Å². The second-order valence-electron chi connectivity index (χ2n) is 11.4. The molecule has 0 bridgehead atoms. The molecule has 0 unspecified atom stereocenters. The standard InChI is InChI=1S/C5H5N.3C4H4N2.2C4H5N.C4H4O.C4H4S.C3H3N3.C3H4N2.2C3H3NO.C3H3NS.C2H3N3/c1-2-4-6-5-3-1;1-2-6-4-3-5-1;1-2-5-4-6-3-1;1-2-4-6-5-3-1;4*1-2-4-5-3-1;1-4-2-6-3-5-1;2*1-2-5-3-4-1;1-2-4-5-3-1;1-2-5-3-4-1;1-3-2-5-4-1/h1-5H;3*1-4H;1-3H,4H2;1-5H;2*1-4H;1-3H;1-3H,(H,4,5);3*1-3H;1H,2H2. The molecule has 12 aromatic rings. The highest BCUT2D eigenvalue weighted by Gasteiger charge is 1.75. The van der Waals surface area contributed by atoms with E-state index >= 15 is 0 Å². The molecule has 0 amide bonds. The molecule has 0 saturated heterocycles. The number of thiophene rings is 1. The van der Waals surface area contributed by atoms with Gasteiger partial charge in [0.1, 0.15) is 44.2 Å². The first-order valence-electron chi connectivity index (χ1n) is 21.4. The summed E-state index contributed by atoms with van der Waals surface area (Å²) in [6, 6.07) is 24.5. The van der Waals surface area contributed by atoms with Crippen molar-refractivity contribution in [1.82, 2.24) is 80.1 Å². The van der Waals surface area contributed by atoms with Crippen LogP contribution in [0, 0.1) is 0 Å². The number of pyridine rings is 1. The topological polar surface area (TPSA) is 301 Å². The van der Waals surface area contributed by atoms with Gasteiger partial charge in [-0.1, -0.05) is 29.4 Å². The number of aromatic nitrogens is 16. The highest BCUT2D eigenvalue weighted by atomic mass is 32.1. The summed E-state index contributed by atoms with van der Waals surface area (Å²) in [4.78, 5) is 53.3. The lowest BCUT2D eigenvalue weighted by Crippen LogP contribution is -1.73. The molecular formula is C50H54N20O3S2. The third-order valence-electron chi connectivity index (χ3n) is 6.10. The summed E-state index contributed by atoms with van der Waals surface area (Å²) >= 11 is 3.31. The molecule has 0 radical (unpaired) electrons. The number of rotatable bonds is 0. The quantitative estimate of drug-likeness (QED) is 0.143. The molecule has 0 saturated carbocycles. The van der Waals surface area contributed by atoms with Crippen LogP contribution in [0.25, 0.3) is 0 Å². The normalized spacial score (nSPS) is 9.28. The Labute approximate surface area is 441 Å². The van der Waals surface area contributed by atoms with E-state index in [2.05, 4.69) is 114 Å². The van der Waals surface area contributed by atoms with Crippen LogP contribution in [-0.4, -0.2) is 106 Å². The maximum atomic E-state index is 4.58. The smallest absolute Gasteiger partial charge is 0.180 e. The number of thiazole rings is 1. The molecule has 2 aliphatic rings. The zero-order valence-corrected chi connectivity index (χ0v) is 41.9. The third kappa shape index (κ3) is 57.8. The first-order chi connectivity index (χ1) is 37.5. The minimum Gasteiger partial charge on any atom is -0.473 e. The molecular weight excluding hydrogens is 993 g/mol. The molecule has 2 N–H and O–H groups in total. The Hall–Kier alpha value is -10.4. The van der Waals surface area contributed by atoms with Gasteiger partial charge in [-0.25, -0.2) is 39.9 Å². The fourth-order valence-electron chi connectivity index (χ4n) is 3.24. The number of imidazole rings is 1. The van der Waals surface area contributed by atoms with Crippen molar-refractivity contribution in [2.75, 3.05) is 13.2 Å². The second-order valence-corrected chi connectivity index (χ2v) is 13.0. The van der Waals surface area contributed by atoms with Crippen molar-refractivity contribution >= 4 is 35.2 Å². The van der Waals surface area contributed by atoms with E-state index in [9.17, 15) is 0 Å². The van der Waals surface area contributed by atoms with Crippen molar-refractivity contribution in [1.29, 1.82) is 0 Å². The van der Waals surface area contributed by atoms with Gasteiger partial charge in [-0.3, -0.25) is 24.9 Å². The van der Waals surface area contributed by atoms with Gasteiger partial charge in [0.15, 0.2) is 13.1 Å². The number of H-pyrrole nitrogens is 2. The van der Waals surface area contributed by atoms with Gasteiger partial charge in [-0.05, 0) is 77.5 Å². The molecule has 0 spiro atoms. The van der Waals surface area contributed by atoms with E-state index in [0.717, 1.165) is 6.54 Å².